The van der Waals surface area contributed by atoms with E-state index in [1.54, 1.807) is 0 Å². The Balaban J connectivity index is 1.84. The van der Waals surface area contributed by atoms with E-state index in [2.05, 4.69) is 9.44 Å². The monoisotopic (exact) mass is 678 g/mol. The lowest BCUT2D eigenvalue weighted by molar-refractivity contribution is 1.43. The highest BCUT2D eigenvalue weighted by Crippen LogP contribution is 2.49. The molecule has 0 aromatic heterocycles. The Morgan fingerprint density at radius 3 is 1.06 bits per heavy atom. The molecule has 3 aromatic carbocycles. The van der Waals surface area contributed by atoms with Crippen LogP contribution in [0.1, 0.15) is 5.56 Å². The van der Waals surface area contributed by atoms with Crippen LogP contribution >= 0.6 is 140 Å². The molecule has 2 N–H and O–H groups in total. The molecule has 2 nitrogen and oxygen atoms in total. The molecule has 0 atom stereocenters. The van der Waals surface area contributed by atoms with Crippen LogP contribution in [0.3, 0.4) is 0 Å². The van der Waals surface area contributed by atoms with E-state index in [9.17, 15) is 0 Å². The van der Waals surface area contributed by atoms with Crippen molar-refractivity contribution in [1.82, 2.24) is 0 Å². The van der Waals surface area contributed by atoms with Crippen molar-refractivity contribution in [2.24, 2.45) is 0 Å². The molecule has 33 heavy (non-hydrogen) atoms. The molecule has 0 aliphatic carbocycles. The Hall–Kier alpha value is 0.860. The lowest BCUT2D eigenvalue weighted by Crippen LogP contribution is -1.97. The lowest BCUT2D eigenvalue weighted by atomic mass is 10.2. The first-order valence-corrected chi connectivity index (χ1v) is 13.9. The number of hydrogen-bond donors (Lipinski definition) is 2. The van der Waals surface area contributed by atoms with Crippen LogP contribution in [0, 0.1) is 6.92 Å². The van der Waals surface area contributed by atoms with Crippen molar-refractivity contribution >= 4 is 151 Å². The van der Waals surface area contributed by atoms with Gasteiger partial charge in [0.25, 0.3) is 0 Å². The predicted molar refractivity (Wildman–Crippen MR) is 153 cm³/mol. The van der Waals surface area contributed by atoms with Crippen LogP contribution < -0.4 is 9.44 Å². The molecule has 3 rings (SSSR count). The standard InChI is InChI=1S/C19H8Cl10N2S2/c1-5-6(30-32-18-14(26)10(22)8(20)11(23)15(18)27)3-2-4-7(5)31-33-19-16(28)12(24)9(21)13(25)17(19)29/h2-4,30-31H,1H3. The number of benzene rings is 3. The van der Waals surface area contributed by atoms with Gasteiger partial charge in [-0.15, -0.1) is 0 Å². The van der Waals surface area contributed by atoms with E-state index in [0.717, 1.165) is 40.8 Å². The molecule has 14 heteroatoms. The van der Waals surface area contributed by atoms with E-state index in [1.165, 1.54) is 0 Å². The second-order valence-electron chi connectivity index (χ2n) is 6.18. The first-order chi connectivity index (χ1) is 15.5. The number of rotatable bonds is 6. The minimum Gasteiger partial charge on any atom is -0.325 e. The minimum absolute atomic E-state index is 0.0943. The molecular weight excluding hydrogens is 675 g/mol. The normalized spacial score (nSPS) is 11.1. The fourth-order valence-electron chi connectivity index (χ4n) is 2.42. The van der Waals surface area contributed by atoms with Crippen LogP contribution in [0.4, 0.5) is 11.4 Å². The molecule has 3 aromatic rings. The van der Waals surface area contributed by atoms with Gasteiger partial charge in [-0.1, -0.05) is 122 Å². The fraction of sp³-hybridized carbons (Fsp3) is 0.0526. The van der Waals surface area contributed by atoms with Crippen molar-refractivity contribution in [2.45, 2.75) is 16.7 Å². The molecule has 0 bridgehead atoms. The van der Waals surface area contributed by atoms with Crippen molar-refractivity contribution in [3.8, 4) is 0 Å². The highest BCUT2D eigenvalue weighted by atomic mass is 35.5. The van der Waals surface area contributed by atoms with Crippen molar-refractivity contribution in [2.75, 3.05) is 9.44 Å². The van der Waals surface area contributed by atoms with Crippen LogP contribution in [0.15, 0.2) is 28.0 Å². The zero-order chi connectivity index (χ0) is 24.6. The summed E-state index contributed by atoms with van der Waals surface area (Å²) in [5.74, 6) is 0. The van der Waals surface area contributed by atoms with E-state index in [1.807, 2.05) is 25.1 Å². The summed E-state index contributed by atoms with van der Waals surface area (Å²) in [6.45, 7) is 1.90. The smallest absolute Gasteiger partial charge is 0.0809 e. The summed E-state index contributed by atoms with van der Waals surface area (Å²) in [5.41, 5.74) is 2.41. The third kappa shape index (κ3) is 5.89. The molecule has 0 radical (unpaired) electrons. The van der Waals surface area contributed by atoms with E-state index in [-0.39, 0.29) is 50.2 Å². The molecule has 0 heterocycles. The quantitative estimate of drug-likeness (QED) is 0.154. The number of hydrogen-bond acceptors (Lipinski definition) is 4. The van der Waals surface area contributed by atoms with Crippen LogP contribution in [0.25, 0.3) is 0 Å². The second-order valence-corrected chi connectivity index (χ2v) is 11.6. The average Bonchev–Trinajstić information content (AvgIpc) is 2.80. The fourth-order valence-corrected chi connectivity index (χ4v) is 7.01. The van der Waals surface area contributed by atoms with Crippen molar-refractivity contribution in [3.63, 3.8) is 0 Å². The van der Waals surface area contributed by atoms with Gasteiger partial charge in [-0.2, -0.15) is 0 Å². The molecule has 0 saturated heterocycles. The van der Waals surface area contributed by atoms with Crippen molar-refractivity contribution < 1.29 is 0 Å². The Labute approximate surface area is 249 Å². The lowest BCUT2D eigenvalue weighted by Gasteiger charge is -2.17. The van der Waals surface area contributed by atoms with Gasteiger partial charge in [0.15, 0.2) is 0 Å². The highest BCUT2D eigenvalue weighted by molar-refractivity contribution is 8.01. The summed E-state index contributed by atoms with van der Waals surface area (Å²) in [6.07, 6.45) is 0. The average molecular weight is 683 g/mol. The van der Waals surface area contributed by atoms with E-state index >= 15 is 0 Å². The van der Waals surface area contributed by atoms with E-state index < -0.39 is 0 Å². The van der Waals surface area contributed by atoms with Crippen molar-refractivity contribution in [1.29, 1.82) is 0 Å². The molecule has 176 valence electrons. The summed E-state index contributed by atoms with van der Waals surface area (Å²) in [6, 6.07) is 5.58. The zero-order valence-corrected chi connectivity index (χ0v) is 25.0. The Morgan fingerprint density at radius 2 is 0.758 bits per heavy atom. The molecule has 0 amide bonds. The summed E-state index contributed by atoms with van der Waals surface area (Å²) in [4.78, 5) is 0.878. The third-order valence-electron chi connectivity index (χ3n) is 4.20. The Bertz CT molecular complexity index is 1100. The predicted octanol–water partition coefficient (Wildman–Crippen LogP) is 12.8. The molecule has 0 aliphatic rings. The summed E-state index contributed by atoms with van der Waals surface area (Å²) < 4.78 is 6.40. The summed E-state index contributed by atoms with van der Waals surface area (Å²) >= 11 is 64.2. The van der Waals surface area contributed by atoms with E-state index in [4.69, 9.17) is 116 Å². The molecular formula is C19H8Cl10N2S2. The maximum absolute atomic E-state index is 6.30. The molecule has 0 fully saturated rings. The van der Waals surface area contributed by atoms with Gasteiger partial charge in [0.05, 0.1) is 60.0 Å². The summed E-state index contributed by atoms with van der Waals surface area (Å²) in [5, 5.41) is 1.43. The van der Waals surface area contributed by atoms with Gasteiger partial charge in [0.1, 0.15) is 0 Å². The van der Waals surface area contributed by atoms with Gasteiger partial charge in [0.2, 0.25) is 0 Å². The molecule has 0 unspecified atom stereocenters. The van der Waals surface area contributed by atoms with Crippen LogP contribution in [-0.2, 0) is 0 Å². The number of nitrogens with one attached hydrogen (secondary N) is 2. The first kappa shape index (κ1) is 28.4. The Kier molecular flexibility index (Phi) is 10.3. The van der Waals surface area contributed by atoms with Crippen LogP contribution in [-0.4, -0.2) is 0 Å². The molecule has 0 saturated carbocycles. The van der Waals surface area contributed by atoms with Gasteiger partial charge in [-0.05, 0) is 48.5 Å². The topological polar surface area (TPSA) is 24.1 Å². The van der Waals surface area contributed by atoms with Crippen LogP contribution in [0.2, 0.25) is 50.2 Å². The number of anilines is 2. The van der Waals surface area contributed by atoms with Gasteiger partial charge in [0, 0.05) is 11.4 Å². The Morgan fingerprint density at radius 1 is 0.485 bits per heavy atom. The van der Waals surface area contributed by atoms with Gasteiger partial charge in [-0.25, -0.2) is 0 Å². The maximum Gasteiger partial charge on any atom is 0.0809 e. The van der Waals surface area contributed by atoms with E-state index in [0.29, 0.717) is 9.79 Å². The maximum atomic E-state index is 6.30. The van der Waals surface area contributed by atoms with Crippen molar-refractivity contribution in [3.05, 3.63) is 74.0 Å². The summed E-state index contributed by atoms with van der Waals surface area (Å²) in [7, 11) is 0. The van der Waals surface area contributed by atoms with Gasteiger partial charge < -0.3 is 9.44 Å². The largest absolute Gasteiger partial charge is 0.325 e. The van der Waals surface area contributed by atoms with Gasteiger partial charge >= 0.3 is 0 Å². The van der Waals surface area contributed by atoms with Gasteiger partial charge in [-0.3, -0.25) is 0 Å². The minimum atomic E-state index is 0.0943. The third-order valence-corrected chi connectivity index (χ3v) is 11.1. The second kappa shape index (κ2) is 11.9. The first-order valence-electron chi connectivity index (χ1n) is 8.45. The zero-order valence-electron chi connectivity index (χ0n) is 15.8. The molecule has 0 spiro atoms. The SMILES string of the molecule is Cc1c(NSc2c(Cl)c(Cl)c(Cl)c(Cl)c2Cl)cccc1NSc1c(Cl)c(Cl)c(Cl)c(Cl)c1Cl. The highest BCUT2D eigenvalue weighted by Gasteiger charge is 2.21. The number of halogens is 10. The van der Waals surface area contributed by atoms with Crippen LogP contribution in [0.5, 0.6) is 0 Å². The molecule has 0 aliphatic heterocycles.